The van der Waals surface area contributed by atoms with Crippen molar-refractivity contribution < 1.29 is 13.2 Å². The fourth-order valence-corrected chi connectivity index (χ4v) is 5.10. The SMILES string of the molecule is CCN1CCN(C2=NCCN2S(=O)(=O)c2cc(C)ccc2NC(C)=O)CC1. The third-order valence-corrected chi connectivity index (χ3v) is 6.72. The molecule has 1 saturated heterocycles. The van der Waals surface area contributed by atoms with Crippen LogP contribution in [0.1, 0.15) is 19.4 Å². The molecule has 0 aromatic heterocycles. The highest BCUT2D eigenvalue weighted by Gasteiger charge is 2.36. The molecule has 0 atom stereocenters. The van der Waals surface area contributed by atoms with E-state index >= 15 is 0 Å². The van der Waals surface area contributed by atoms with E-state index in [0.29, 0.717) is 24.7 Å². The van der Waals surface area contributed by atoms with E-state index < -0.39 is 10.0 Å². The molecule has 0 radical (unpaired) electrons. The van der Waals surface area contributed by atoms with Gasteiger partial charge in [-0.25, -0.2) is 12.7 Å². The Morgan fingerprint density at radius 3 is 2.52 bits per heavy atom. The first kappa shape index (κ1) is 19.6. The summed E-state index contributed by atoms with van der Waals surface area (Å²) in [6, 6.07) is 5.02. The molecular formula is C18H27N5O3S. The zero-order valence-electron chi connectivity index (χ0n) is 16.1. The van der Waals surface area contributed by atoms with Crippen LogP contribution in [0.3, 0.4) is 0 Å². The van der Waals surface area contributed by atoms with Gasteiger partial charge in [0.1, 0.15) is 4.90 Å². The molecule has 9 heteroatoms. The van der Waals surface area contributed by atoms with Gasteiger partial charge in [0.05, 0.1) is 18.8 Å². The van der Waals surface area contributed by atoms with Crippen LogP contribution in [0, 0.1) is 6.92 Å². The molecule has 0 aliphatic carbocycles. The average molecular weight is 394 g/mol. The molecule has 1 aromatic rings. The second kappa shape index (κ2) is 7.85. The van der Waals surface area contributed by atoms with Crippen LogP contribution < -0.4 is 5.32 Å². The zero-order valence-corrected chi connectivity index (χ0v) is 16.9. The highest BCUT2D eigenvalue weighted by atomic mass is 32.2. The van der Waals surface area contributed by atoms with Gasteiger partial charge in [-0.2, -0.15) is 0 Å². The quantitative estimate of drug-likeness (QED) is 0.823. The first-order chi connectivity index (χ1) is 12.8. The zero-order chi connectivity index (χ0) is 19.6. The minimum atomic E-state index is -3.82. The number of rotatable bonds is 4. The number of aryl methyl sites for hydroxylation is 1. The van der Waals surface area contributed by atoms with Crippen LogP contribution >= 0.6 is 0 Å². The number of hydrogen-bond donors (Lipinski definition) is 1. The van der Waals surface area contributed by atoms with E-state index in [4.69, 9.17) is 0 Å². The number of amides is 1. The number of aliphatic imine (C=N–C) groups is 1. The Morgan fingerprint density at radius 2 is 1.89 bits per heavy atom. The lowest BCUT2D eigenvalue weighted by Gasteiger charge is -2.37. The Bertz CT molecular complexity index is 845. The fraction of sp³-hybridized carbons (Fsp3) is 0.556. The van der Waals surface area contributed by atoms with Gasteiger partial charge >= 0.3 is 0 Å². The third kappa shape index (κ3) is 4.08. The number of anilines is 1. The molecule has 8 nitrogen and oxygen atoms in total. The number of nitrogens with zero attached hydrogens (tertiary/aromatic N) is 4. The molecule has 1 N–H and O–H groups in total. The van der Waals surface area contributed by atoms with Gasteiger partial charge in [-0.1, -0.05) is 13.0 Å². The van der Waals surface area contributed by atoms with Crippen molar-refractivity contribution >= 4 is 27.6 Å². The second-order valence-electron chi connectivity index (χ2n) is 6.86. The molecule has 1 aromatic carbocycles. The molecule has 0 spiro atoms. The van der Waals surface area contributed by atoms with E-state index in [0.717, 1.165) is 38.3 Å². The van der Waals surface area contributed by atoms with Crippen molar-refractivity contribution in [2.45, 2.75) is 25.7 Å². The van der Waals surface area contributed by atoms with Crippen LogP contribution in [0.4, 0.5) is 5.69 Å². The maximum absolute atomic E-state index is 13.4. The maximum Gasteiger partial charge on any atom is 0.268 e. The smallest absolute Gasteiger partial charge is 0.268 e. The first-order valence-corrected chi connectivity index (χ1v) is 10.7. The molecular weight excluding hydrogens is 366 g/mol. The van der Waals surface area contributed by atoms with Gasteiger partial charge in [-0.3, -0.25) is 9.79 Å². The van der Waals surface area contributed by atoms with Crippen molar-refractivity contribution in [2.75, 3.05) is 51.1 Å². The molecule has 0 unspecified atom stereocenters. The monoisotopic (exact) mass is 393 g/mol. The van der Waals surface area contributed by atoms with Gasteiger partial charge in [-0.05, 0) is 31.2 Å². The highest BCUT2D eigenvalue weighted by Crippen LogP contribution is 2.28. The van der Waals surface area contributed by atoms with Crippen molar-refractivity contribution in [2.24, 2.45) is 4.99 Å². The minimum Gasteiger partial charge on any atom is -0.339 e. The predicted molar refractivity (Wildman–Crippen MR) is 105 cm³/mol. The van der Waals surface area contributed by atoms with Crippen molar-refractivity contribution in [3.05, 3.63) is 23.8 Å². The van der Waals surface area contributed by atoms with Crippen LogP contribution in [-0.2, 0) is 14.8 Å². The number of benzene rings is 1. The number of sulfonamides is 1. The molecule has 2 aliphatic rings. The maximum atomic E-state index is 13.4. The summed E-state index contributed by atoms with van der Waals surface area (Å²) in [5.41, 5.74) is 1.12. The Kier molecular flexibility index (Phi) is 5.71. The van der Waals surface area contributed by atoms with Crippen LogP contribution in [0.15, 0.2) is 28.1 Å². The lowest BCUT2D eigenvalue weighted by molar-refractivity contribution is -0.114. The van der Waals surface area contributed by atoms with Gasteiger partial charge in [0.2, 0.25) is 11.9 Å². The van der Waals surface area contributed by atoms with Crippen molar-refractivity contribution in [1.29, 1.82) is 0 Å². The van der Waals surface area contributed by atoms with Gasteiger partial charge < -0.3 is 15.1 Å². The molecule has 3 rings (SSSR count). The predicted octanol–water partition coefficient (Wildman–Crippen LogP) is 0.951. The second-order valence-corrected chi connectivity index (χ2v) is 8.69. The summed E-state index contributed by atoms with van der Waals surface area (Å²) in [5, 5.41) is 2.63. The van der Waals surface area contributed by atoms with E-state index in [-0.39, 0.29) is 10.8 Å². The summed E-state index contributed by atoms with van der Waals surface area (Å²) in [4.78, 5) is 20.5. The van der Waals surface area contributed by atoms with Crippen molar-refractivity contribution in [1.82, 2.24) is 14.1 Å². The van der Waals surface area contributed by atoms with Gasteiger partial charge in [0.25, 0.3) is 10.0 Å². The molecule has 148 valence electrons. The van der Waals surface area contributed by atoms with Gasteiger partial charge in [-0.15, -0.1) is 0 Å². The fourth-order valence-electron chi connectivity index (χ4n) is 3.42. The summed E-state index contributed by atoms with van der Waals surface area (Å²) in [7, 11) is -3.82. The van der Waals surface area contributed by atoms with Crippen LogP contribution in [0.25, 0.3) is 0 Å². The van der Waals surface area contributed by atoms with E-state index in [1.165, 1.54) is 11.2 Å². The van der Waals surface area contributed by atoms with Gasteiger partial charge in [0, 0.05) is 33.1 Å². The number of carbonyl (C=O) groups is 1. The van der Waals surface area contributed by atoms with Crippen LogP contribution in [0.2, 0.25) is 0 Å². The summed E-state index contributed by atoms with van der Waals surface area (Å²) < 4.78 is 28.2. The standard InChI is InChI=1S/C18H27N5O3S/c1-4-21-9-11-22(12-10-21)18-19-7-8-23(18)27(25,26)17-13-14(2)5-6-16(17)20-15(3)24/h5-6,13H,4,7-12H2,1-3H3,(H,20,24). The number of piperazine rings is 1. The molecule has 0 bridgehead atoms. The number of guanidine groups is 1. The normalized spacial score (nSPS) is 18.6. The molecule has 2 heterocycles. The lowest BCUT2D eigenvalue weighted by atomic mass is 10.2. The Labute approximate surface area is 160 Å². The third-order valence-electron chi connectivity index (χ3n) is 4.90. The number of likely N-dealkylation sites (N-methyl/N-ethyl adjacent to an activating group) is 1. The Morgan fingerprint density at radius 1 is 1.19 bits per heavy atom. The van der Waals surface area contributed by atoms with Crippen molar-refractivity contribution in [3.63, 3.8) is 0 Å². The number of carbonyl (C=O) groups excluding carboxylic acids is 1. The van der Waals surface area contributed by atoms with E-state index in [9.17, 15) is 13.2 Å². The number of hydrogen-bond acceptors (Lipinski definition) is 6. The Hall–Kier alpha value is -2.13. The molecule has 1 amide bonds. The summed E-state index contributed by atoms with van der Waals surface area (Å²) in [6.45, 7) is 10.4. The number of nitrogens with one attached hydrogen (secondary N) is 1. The van der Waals surface area contributed by atoms with Crippen molar-refractivity contribution in [3.8, 4) is 0 Å². The Balaban J connectivity index is 1.90. The summed E-state index contributed by atoms with van der Waals surface area (Å²) in [6.07, 6.45) is 0. The van der Waals surface area contributed by atoms with Crippen LogP contribution in [0.5, 0.6) is 0 Å². The average Bonchev–Trinajstić information content (AvgIpc) is 3.13. The van der Waals surface area contributed by atoms with E-state index in [1.54, 1.807) is 18.2 Å². The minimum absolute atomic E-state index is 0.111. The molecule has 1 fully saturated rings. The van der Waals surface area contributed by atoms with E-state index in [2.05, 4.69) is 22.1 Å². The molecule has 27 heavy (non-hydrogen) atoms. The lowest BCUT2D eigenvalue weighted by Crippen LogP contribution is -2.53. The first-order valence-electron chi connectivity index (χ1n) is 9.25. The molecule has 0 saturated carbocycles. The topological polar surface area (TPSA) is 85.3 Å². The van der Waals surface area contributed by atoms with Crippen LogP contribution in [-0.4, -0.2) is 80.2 Å². The molecule has 2 aliphatic heterocycles. The highest BCUT2D eigenvalue weighted by molar-refractivity contribution is 7.89. The van der Waals surface area contributed by atoms with E-state index in [1.807, 2.05) is 11.8 Å². The summed E-state index contributed by atoms with van der Waals surface area (Å²) in [5.74, 6) is 0.210. The van der Waals surface area contributed by atoms with Gasteiger partial charge in [0.15, 0.2) is 0 Å². The largest absolute Gasteiger partial charge is 0.339 e. The summed E-state index contributed by atoms with van der Waals surface area (Å²) >= 11 is 0.